The van der Waals surface area contributed by atoms with Crippen molar-refractivity contribution < 1.29 is 33.0 Å². The molecule has 8 atom stereocenters. The van der Waals surface area contributed by atoms with Crippen LogP contribution in [0, 0.1) is 22.7 Å². The van der Waals surface area contributed by atoms with Gasteiger partial charge in [0.15, 0.2) is 17.2 Å². The number of aliphatic hydroxyl groups is 1. The number of aliphatic hydroxyl groups excluding tert-OH is 1. The Labute approximate surface area is 194 Å². The summed E-state index contributed by atoms with van der Waals surface area (Å²) < 4.78 is 39.2. The van der Waals surface area contributed by atoms with Crippen LogP contribution >= 0.6 is 15.9 Å². The molecule has 0 aromatic carbocycles. The van der Waals surface area contributed by atoms with E-state index in [4.69, 9.17) is 9.47 Å². The Kier molecular flexibility index (Phi) is 4.69. The second-order valence-electron chi connectivity index (χ2n) is 11.0. The minimum atomic E-state index is -3.19. The van der Waals surface area contributed by atoms with Gasteiger partial charge in [0, 0.05) is 10.8 Å². The SMILES string of the molecule is CC1(C)O[C@@H]2C[C@H]3[C@@H]4CCC5=CC(=O)C=C[C@]5(C)[C@@]4(Br)[C@@H](O)C[C@]3(C)[C@]2(C(=O)C(F)F)O1. The molecular formula is C24H29BrF2O5. The molecule has 0 spiro atoms. The largest absolute Gasteiger partial charge is 0.392 e. The van der Waals surface area contributed by atoms with Gasteiger partial charge in [-0.2, -0.15) is 0 Å². The van der Waals surface area contributed by atoms with Crippen molar-refractivity contribution in [3.63, 3.8) is 0 Å². The third-order valence-electron chi connectivity index (χ3n) is 9.20. The Bertz CT molecular complexity index is 962. The van der Waals surface area contributed by atoms with Crippen LogP contribution in [-0.4, -0.2) is 51.0 Å². The van der Waals surface area contributed by atoms with E-state index in [1.54, 1.807) is 19.9 Å². The van der Waals surface area contributed by atoms with Crippen LogP contribution in [0.3, 0.4) is 0 Å². The van der Waals surface area contributed by atoms with E-state index in [-0.39, 0.29) is 24.0 Å². The number of carbonyl (C=O) groups excluding carboxylic acids is 2. The molecule has 32 heavy (non-hydrogen) atoms. The van der Waals surface area contributed by atoms with Gasteiger partial charge >= 0.3 is 0 Å². The van der Waals surface area contributed by atoms with Crippen molar-refractivity contribution in [3.8, 4) is 0 Å². The summed E-state index contributed by atoms with van der Waals surface area (Å²) >= 11 is 3.93. The maximum Gasteiger partial charge on any atom is 0.299 e. The third kappa shape index (κ3) is 2.48. The first-order valence-electron chi connectivity index (χ1n) is 11.2. The molecule has 1 aliphatic heterocycles. The van der Waals surface area contributed by atoms with Gasteiger partial charge in [0.1, 0.15) is 0 Å². The number of allylic oxidation sites excluding steroid dienone is 4. The van der Waals surface area contributed by atoms with E-state index in [2.05, 4.69) is 15.9 Å². The van der Waals surface area contributed by atoms with Gasteiger partial charge in [0.25, 0.3) is 6.43 Å². The van der Waals surface area contributed by atoms with Gasteiger partial charge < -0.3 is 14.6 Å². The minimum Gasteiger partial charge on any atom is -0.392 e. The molecule has 0 unspecified atom stereocenters. The second-order valence-corrected chi connectivity index (χ2v) is 12.3. The summed E-state index contributed by atoms with van der Waals surface area (Å²) in [5.74, 6) is -2.79. The van der Waals surface area contributed by atoms with Crippen LogP contribution in [0.4, 0.5) is 8.78 Å². The van der Waals surface area contributed by atoms with Crippen LogP contribution in [0.1, 0.15) is 53.4 Å². The topological polar surface area (TPSA) is 72.8 Å². The van der Waals surface area contributed by atoms with Gasteiger partial charge in [0.05, 0.1) is 16.5 Å². The lowest BCUT2D eigenvalue weighted by molar-refractivity contribution is -0.224. The summed E-state index contributed by atoms with van der Waals surface area (Å²) in [7, 11) is 0. The standard InChI is InChI=1S/C24H29BrF2O5/c1-20(2)31-17-10-15-14-6-5-12-9-13(28)7-8-21(12,3)23(14,25)16(29)11-22(15,4)24(17,32-20)18(30)19(26)27/h7-9,14-17,19,29H,5-6,10-11H2,1-4H3/t14-,15-,16-,17+,21-,22-,23-,24-/m0/s1. The van der Waals surface area contributed by atoms with Crippen LogP contribution < -0.4 is 0 Å². The smallest absolute Gasteiger partial charge is 0.299 e. The van der Waals surface area contributed by atoms with Gasteiger partial charge in [-0.3, -0.25) is 9.59 Å². The monoisotopic (exact) mass is 514 g/mol. The van der Waals surface area contributed by atoms with Crippen molar-refractivity contribution in [2.75, 3.05) is 0 Å². The molecule has 0 aromatic rings. The van der Waals surface area contributed by atoms with Crippen molar-refractivity contribution in [3.05, 3.63) is 23.8 Å². The molecule has 5 rings (SSSR count). The number of fused-ring (bicyclic) bond motifs is 7. The fourth-order valence-corrected chi connectivity index (χ4v) is 9.00. The summed E-state index contributed by atoms with van der Waals surface area (Å²) in [6.45, 7) is 7.11. The fraction of sp³-hybridized carbons (Fsp3) is 0.750. The Morgan fingerprint density at radius 3 is 2.59 bits per heavy atom. The zero-order valence-electron chi connectivity index (χ0n) is 18.7. The number of ketones is 2. The zero-order chi connectivity index (χ0) is 23.5. The van der Waals surface area contributed by atoms with E-state index in [1.165, 1.54) is 6.08 Å². The van der Waals surface area contributed by atoms with E-state index in [0.29, 0.717) is 19.3 Å². The first-order chi connectivity index (χ1) is 14.7. The van der Waals surface area contributed by atoms with Crippen LogP contribution in [0.5, 0.6) is 0 Å². The predicted molar refractivity (Wildman–Crippen MR) is 115 cm³/mol. The third-order valence-corrected chi connectivity index (χ3v) is 11.1. The molecule has 4 fully saturated rings. The molecule has 5 aliphatic rings. The van der Waals surface area contributed by atoms with Gasteiger partial charge in [-0.15, -0.1) is 0 Å². The highest BCUT2D eigenvalue weighted by atomic mass is 79.9. The van der Waals surface area contributed by atoms with Gasteiger partial charge in [-0.25, -0.2) is 8.78 Å². The molecule has 176 valence electrons. The maximum absolute atomic E-state index is 13.9. The number of hydrogen-bond donors (Lipinski definition) is 1. The van der Waals surface area contributed by atoms with Crippen LogP contribution in [-0.2, 0) is 19.1 Å². The number of Topliss-reactive ketones (excluding diaryl/α,β-unsaturated/α-hetero) is 1. The van der Waals surface area contributed by atoms with Crippen molar-refractivity contribution in [1.82, 2.24) is 0 Å². The quantitative estimate of drug-likeness (QED) is 0.561. The summed E-state index contributed by atoms with van der Waals surface area (Å²) in [5, 5.41) is 11.6. The highest BCUT2D eigenvalue weighted by molar-refractivity contribution is 9.10. The van der Waals surface area contributed by atoms with Crippen molar-refractivity contribution in [2.45, 2.75) is 87.7 Å². The number of ether oxygens (including phenoxy) is 2. The highest BCUT2D eigenvalue weighted by Crippen LogP contribution is 2.73. The average Bonchev–Trinajstić information content (AvgIpc) is 3.09. The Hall–Kier alpha value is -0.960. The summed E-state index contributed by atoms with van der Waals surface area (Å²) in [6.07, 6.45) is 1.96. The molecule has 4 aliphatic carbocycles. The van der Waals surface area contributed by atoms with E-state index >= 15 is 0 Å². The number of halogens is 3. The Morgan fingerprint density at radius 2 is 1.94 bits per heavy atom. The zero-order valence-corrected chi connectivity index (χ0v) is 20.2. The molecule has 1 heterocycles. The van der Waals surface area contributed by atoms with E-state index < -0.39 is 51.0 Å². The molecular weight excluding hydrogens is 486 g/mol. The first kappa shape index (κ1) is 22.8. The summed E-state index contributed by atoms with van der Waals surface area (Å²) in [5.41, 5.74) is -2.47. The van der Waals surface area contributed by atoms with Crippen molar-refractivity contribution in [1.29, 1.82) is 0 Å². The lowest BCUT2D eigenvalue weighted by Gasteiger charge is -2.64. The molecule has 0 radical (unpaired) electrons. The maximum atomic E-state index is 13.9. The molecule has 1 N–H and O–H groups in total. The molecule has 1 saturated heterocycles. The lowest BCUT2D eigenvalue weighted by atomic mass is 9.46. The predicted octanol–water partition coefficient (Wildman–Crippen LogP) is 4.12. The number of alkyl halides is 3. The van der Waals surface area contributed by atoms with Crippen molar-refractivity contribution >= 4 is 27.5 Å². The molecule has 3 saturated carbocycles. The number of carbonyl (C=O) groups is 2. The van der Waals surface area contributed by atoms with E-state index in [1.807, 2.05) is 19.9 Å². The average molecular weight is 515 g/mol. The number of hydrogen-bond acceptors (Lipinski definition) is 5. The molecule has 5 nitrogen and oxygen atoms in total. The Morgan fingerprint density at radius 1 is 1.25 bits per heavy atom. The van der Waals surface area contributed by atoms with E-state index in [0.717, 1.165) is 5.57 Å². The highest BCUT2D eigenvalue weighted by Gasteiger charge is 2.80. The first-order valence-corrected chi connectivity index (χ1v) is 12.0. The Balaban J connectivity index is 1.64. The second kappa shape index (κ2) is 6.58. The van der Waals surface area contributed by atoms with Gasteiger partial charge in [-0.05, 0) is 63.5 Å². The fourth-order valence-electron chi connectivity index (χ4n) is 7.91. The van der Waals surface area contributed by atoms with Crippen molar-refractivity contribution in [2.24, 2.45) is 22.7 Å². The summed E-state index contributed by atoms with van der Waals surface area (Å²) in [4.78, 5) is 25.1. The van der Waals surface area contributed by atoms with Crippen LogP contribution in [0.2, 0.25) is 0 Å². The normalized spacial score (nSPS) is 51.0. The lowest BCUT2D eigenvalue weighted by Crippen LogP contribution is -2.69. The molecule has 0 aromatic heterocycles. The molecule has 0 amide bonds. The van der Waals surface area contributed by atoms with Gasteiger partial charge in [0.2, 0.25) is 5.78 Å². The molecule has 8 heteroatoms. The minimum absolute atomic E-state index is 0.0666. The van der Waals surface area contributed by atoms with E-state index in [9.17, 15) is 23.5 Å². The summed E-state index contributed by atoms with van der Waals surface area (Å²) in [6, 6.07) is 0. The van der Waals surface area contributed by atoms with Crippen LogP contribution in [0.15, 0.2) is 23.8 Å². The molecule has 0 bridgehead atoms. The van der Waals surface area contributed by atoms with Gasteiger partial charge in [-0.1, -0.05) is 41.4 Å². The van der Waals surface area contributed by atoms with Crippen LogP contribution in [0.25, 0.3) is 0 Å². The number of rotatable bonds is 2.